The summed E-state index contributed by atoms with van der Waals surface area (Å²) < 4.78 is 0.902. The highest BCUT2D eigenvalue weighted by atomic mass is 35.5. The molecule has 5 nitrogen and oxygen atoms in total. The fraction of sp³-hybridized carbons (Fsp3) is 0.158. The summed E-state index contributed by atoms with van der Waals surface area (Å²) in [6.45, 7) is 1.42. The monoisotopic (exact) mass is 388 g/mol. The Bertz CT molecular complexity index is 968. The number of carbonyl (C=O) groups is 2. The number of rotatable bonds is 4. The Morgan fingerprint density at radius 3 is 2.69 bits per heavy atom. The van der Waals surface area contributed by atoms with Crippen LogP contribution in [0, 0.1) is 0 Å². The van der Waals surface area contributed by atoms with Crippen molar-refractivity contribution in [3.63, 3.8) is 0 Å². The summed E-state index contributed by atoms with van der Waals surface area (Å²) in [5, 5.41) is 19.0. The van der Waals surface area contributed by atoms with Gasteiger partial charge in [-0.3, -0.25) is 9.59 Å². The molecule has 0 fully saturated rings. The van der Waals surface area contributed by atoms with E-state index in [0.29, 0.717) is 16.3 Å². The van der Waals surface area contributed by atoms with Gasteiger partial charge in [-0.1, -0.05) is 35.9 Å². The molecule has 0 aliphatic carbocycles. The number of hydrogen-bond donors (Lipinski definition) is 3. The molecule has 3 N–H and O–H groups in total. The number of carbonyl (C=O) groups excluding carboxylic acids is 2. The van der Waals surface area contributed by atoms with Gasteiger partial charge in [0, 0.05) is 5.02 Å². The molecule has 1 aromatic heterocycles. The van der Waals surface area contributed by atoms with Crippen LogP contribution in [0.3, 0.4) is 0 Å². The number of hydrogen-bond acceptors (Lipinski definition) is 4. The van der Waals surface area contributed by atoms with Crippen LogP contribution in [0.15, 0.2) is 53.9 Å². The lowest BCUT2D eigenvalue weighted by atomic mass is 9.96. The zero-order chi connectivity index (χ0) is 18.7. The van der Waals surface area contributed by atoms with Crippen LogP contribution in [0.1, 0.15) is 12.5 Å². The third-order valence-corrected chi connectivity index (χ3v) is 5.17. The van der Waals surface area contributed by atoms with Gasteiger partial charge >= 0.3 is 11.8 Å². The highest BCUT2D eigenvalue weighted by Crippen LogP contribution is 2.28. The number of aliphatic hydroxyl groups is 1. The SMILES string of the molecule is CC(O)(CNC(=O)C(=O)Nc1cccc2ccsc12)c1cccc(Cl)c1. The van der Waals surface area contributed by atoms with Crippen molar-refractivity contribution in [1.29, 1.82) is 0 Å². The van der Waals surface area contributed by atoms with Crippen LogP contribution in [-0.2, 0) is 15.2 Å². The second kappa shape index (κ2) is 7.45. The lowest BCUT2D eigenvalue weighted by Gasteiger charge is -2.24. The van der Waals surface area contributed by atoms with E-state index < -0.39 is 17.4 Å². The Morgan fingerprint density at radius 1 is 1.15 bits per heavy atom. The molecule has 0 spiro atoms. The zero-order valence-corrected chi connectivity index (χ0v) is 15.5. The number of fused-ring (bicyclic) bond motifs is 1. The van der Waals surface area contributed by atoms with Gasteiger partial charge in [0.15, 0.2) is 0 Å². The van der Waals surface area contributed by atoms with Crippen LogP contribution in [0.25, 0.3) is 10.1 Å². The summed E-state index contributed by atoms with van der Waals surface area (Å²) in [5.41, 5.74) is -0.220. The van der Waals surface area contributed by atoms with Crippen molar-refractivity contribution < 1.29 is 14.7 Å². The summed E-state index contributed by atoms with van der Waals surface area (Å²) in [7, 11) is 0. The molecular weight excluding hydrogens is 372 g/mol. The summed E-state index contributed by atoms with van der Waals surface area (Å²) in [4.78, 5) is 24.3. The molecule has 1 atom stereocenters. The van der Waals surface area contributed by atoms with Crippen molar-refractivity contribution in [2.75, 3.05) is 11.9 Å². The summed E-state index contributed by atoms with van der Waals surface area (Å²) in [5.74, 6) is -1.60. The molecule has 2 amide bonds. The normalized spacial score (nSPS) is 13.2. The van der Waals surface area contributed by atoms with E-state index in [2.05, 4.69) is 10.6 Å². The van der Waals surface area contributed by atoms with Gasteiger partial charge in [-0.25, -0.2) is 0 Å². The Hall–Kier alpha value is -2.41. The third kappa shape index (κ3) is 4.04. The molecule has 0 bridgehead atoms. The molecule has 0 saturated carbocycles. The lowest BCUT2D eigenvalue weighted by Crippen LogP contribution is -2.43. The van der Waals surface area contributed by atoms with Gasteiger partial charge in [0.25, 0.3) is 0 Å². The van der Waals surface area contributed by atoms with Gasteiger partial charge in [-0.05, 0) is 47.5 Å². The molecule has 0 aliphatic rings. The Morgan fingerprint density at radius 2 is 1.92 bits per heavy atom. The summed E-state index contributed by atoms with van der Waals surface area (Å²) in [6.07, 6.45) is 0. The van der Waals surface area contributed by atoms with Gasteiger partial charge in [-0.2, -0.15) is 0 Å². The Labute approximate surface area is 159 Å². The van der Waals surface area contributed by atoms with E-state index in [0.717, 1.165) is 10.1 Å². The van der Waals surface area contributed by atoms with Crippen LogP contribution in [0.2, 0.25) is 5.02 Å². The smallest absolute Gasteiger partial charge is 0.313 e. The van der Waals surface area contributed by atoms with Gasteiger partial charge < -0.3 is 15.7 Å². The molecule has 0 aliphatic heterocycles. The van der Waals surface area contributed by atoms with Crippen LogP contribution in [0.4, 0.5) is 5.69 Å². The van der Waals surface area contributed by atoms with Crippen LogP contribution in [0.5, 0.6) is 0 Å². The maximum atomic E-state index is 12.2. The first-order valence-electron chi connectivity index (χ1n) is 7.91. The average Bonchev–Trinajstić information content (AvgIpc) is 3.09. The van der Waals surface area contributed by atoms with Crippen molar-refractivity contribution in [2.24, 2.45) is 0 Å². The van der Waals surface area contributed by atoms with Gasteiger partial charge in [0.2, 0.25) is 0 Å². The van der Waals surface area contributed by atoms with Crippen molar-refractivity contribution in [1.82, 2.24) is 5.32 Å². The van der Waals surface area contributed by atoms with Crippen molar-refractivity contribution in [3.05, 3.63) is 64.5 Å². The topological polar surface area (TPSA) is 78.4 Å². The molecule has 0 radical (unpaired) electrons. The van der Waals surface area contributed by atoms with E-state index in [9.17, 15) is 14.7 Å². The molecule has 0 saturated heterocycles. The van der Waals surface area contributed by atoms with E-state index in [-0.39, 0.29) is 6.54 Å². The van der Waals surface area contributed by atoms with Gasteiger partial charge in [0.05, 0.1) is 16.9 Å². The second-order valence-electron chi connectivity index (χ2n) is 6.07. The molecule has 3 aromatic rings. The molecule has 2 aromatic carbocycles. The first-order chi connectivity index (χ1) is 12.4. The van der Waals surface area contributed by atoms with E-state index in [1.807, 2.05) is 23.6 Å². The maximum Gasteiger partial charge on any atom is 0.313 e. The molecule has 26 heavy (non-hydrogen) atoms. The highest BCUT2D eigenvalue weighted by molar-refractivity contribution is 7.17. The molecular formula is C19H17ClN2O3S. The fourth-order valence-electron chi connectivity index (χ4n) is 2.53. The zero-order valence-electron chi connectivity index (χ0n) is 14.0. The van der Waals surface area contributed by atoms with E-state index >= 15 is 0 Å². The highest BCUT2D eigenvalue weighted by Gasteiger charge is 2.26. The first-order valence-corrected chi connectivity index (χ1v) is 9.16. The minimum absolute atomic E-state index is 0.122. The van der Waals surface area contributed by atoms with E-state index in [1.165, 1.54) is 11.3 Å². The molecule has 1 heterocycles. The van der Waals surface area contributed by atoms with Gasteiger partial charge in [-0.15, -0.1) is 11.3 Å². The second-order valence-corrected chi connectivity index (χ2v) is 7.42. The molecule has 134 valence electrons. The van der Waals surface area contributed by atoms with Crippen molar-refractivity contribution in [3.8, 4) is 0 Å². The van der Waals surface area contributed by atoms with E-state index in [1.54, 1.807) is 37.3 Å². The molecule has 3 rings (SSSR count). The molecule has 7 heteroatoms. The number of benzene rings is 2. The molecule has 1 unspecified atom stereocenters. The number of halogens is 1. The van der Waals surface area contributed by atoms with Crippen LogP contribution >= 0.6 is 22.9 Å². The average molecular weight is 389 g/mol. The van der Waals surface area contributed by atoms with Gasteiger partial charge in [0.1, 0.15) is 5.60 Å². The predicted molar refractivity (Wildman–Crippen MR) is 104 cm³/mol. The quantitative estimate of drug-likeness (QED) is 0.598. The first kappa shape index (κ1) is 18.4. The summed E-state index contributed by atoms with van der Waals surface area (Å²) >= 11 is 7.42. The lowest BCUT2D eigenvalue weighted by molar-refractivity contribution is -0.136. The van der Waals surface area contributed by atoms with E-state index in [4.69, 9.17) is 11.6 Å². The van der Waals surface area contributed by atoms with Crippen molar-refractivity contribution >= 4 is 50.5 Å². The predicted octanol–water partition coefficient (Wildman–Crippen LogP) is 3.52. The number of amides is 2. The number of nitrogens with one attached hydrogen (secondary N) is 2. The minimum Gasteiger partial charge on any atom is -0.384 e. The Balaban J connectivity index is 1.64. The summed E-state index contributed by atoms with van der Waals surface area (Å²) in [6, 6.07) is 14.2. The van der Waals surface area contributed by atoms with Crippen LogP contribution < -0.4 is 10.6 Å². The minimum atomic E-state index is -1.35. The maximum absolute atomic E-state index is 12.2. The van der Waals surface area contributed by atoms with Crippen molar-refractivity contribution in [2.45, 2.75) is 12.5 Å². The largest absolute Gasteiger partial charge is 0.384 e. The third-order valence-electron chi connectivity index (χ3n) is 3.97. The number of anilines is 1. The van der Waals surface area contributed by atoms with Crippen LogP contribution in [-0.4, -0.2) is 23.5 Å². The standard InChI is InChI=1S/C19H17ClN2O3S/c1-19(25,13-5-3-6-14(20)10-13)11-21-17(23)18(24)22-15-7-2-4-12-8-9-26-16(12)15/h2-10,25H,11H2,1H3,(H,21,23)(H,22,24). The fourth-order valence-corrected chi connectivity index (χ4v) is 3.59. The Kier molecular flexibility index (Phi) is 5.27. The number of thiophene rings is 1.